The second-order valence-electron chi connectivity index (χ2n) is 5.68. The van der Waals surface area contributed by atoms with Gasteiger partial charge in [0, 0.05) is 50.4 Å². The number of hydrogen-bond donors (Lipinski definition) is 3. The van der Waals surface area contributed by atoms with Crippen LogP contribution in [-0.4, -0.2) is 56.0 Å². The van der Waals surface area contributed by atoms with Gasteiger partial charge in [0.05, 0.1) is 0 Å². The fourth-order valence-electron chi connectivity index (χ4n) is 2.53. The Morgan fingerprint density at radius 3 is 2.78 bits per heavy atom. The number of anilines is 1. The highest BCUT2D eigenvalue weighted by Gasteiger charge is 2.10. The van der Waals surface area contributed by atoms with Gasteiger partial charge in [-0.2, -0.15) is 0 Å². The fraction of sp³-hybridized carbons (Fsp3) is 0.529. The summed E-state index contributed by atoms with van der Waals surface area (Å²) in [5.74, 6) is -0.156. The first-order valence-corrected chi connectivity index (χ1v) is 8.30. The van der Waals surface area contributed by atoms with Gasteiger partial charge in [0.15, 0.2) is 0 Å². The van der Waals surface area contributed by atoms with Crippen molar-refractivity contribution in [1.82, 2.24) is 15.5 Å². The van der Waals surface area contributed by atoms with E-state index in [2.05, 4.69) is 20.9 Å². The quantitative estimate of drug-likeness (QED) is 0.657. The van der Waals surface area contributed by atoms with Gasteiger partial charge in [-0.05, 0) is 31.2 Å². The lowest BCUT2D eigenvalue weighted by atomic mass is 10.2. The molecule has 23 heavy (non-hydrogen) atoms. The van der Waals surface area contributed by atoms with Crippen LogP contribution in [0.3, 0.4) is 0 Å². The molecule has 0 aromatic heterocycles. The van der Waals surface area contributed by atoms with Crippen LogP contribution in [0.25, 0.3) is 0 Å². The third kappa shape index (κ3) is 6.00. The predicted molar refractivity (Wildman–Crippen MR) is 91.6 cm³/mol. The number of rotatable bonds is 7. The highest BCUT2D eigenvalue weighted by Crippen LogP contribution is 2.11. The Balaban J connectivity index is 1.74. The third-order valence-electron chi connectivity index (χ3n) is 3.88. The highest BCUT2D eigenvalue weighted by molar-refractivity contribution is 5.97. The molecule has 0 radical (unpaired) electrons. The van der Waals surface area contributed by atoms with Crippen molar-refractivity contribution in [2.75, 3.05) is 44.6 Å². The number of hydrogen-bond acceptors (Lipinski definition) is 4. The molecule has 0 unspecified atom stereocenters. The SMILES string of the molecule is CCC(=O)Nc1cccc(C(=O)NCCCN2CCNCC2)c1. The molecule has 1 heterocycles. The number of amides is 2. The molecule has 1 aromatic carbocycles. The van der Waals surface area contributed by atoms with Crippen molar-refractivity contribution in [3.8, 4) is 0 Å². The molecule has 2 amide bonds. The van der Waals surface area contributed by atoms with Crippen molar-refractivity contribution in [1.29, 1.82) is 0 Å². The van der Waals surface area contributed by atoms with Crippen LogP contribution in [-0.2, 0) is 4.79 Å². The summed E-state index contributed by atoms with van der Waals surface area (Å²) in [5, 5.41) is 9.03. The molecule has 2 rings (SSSR count). The Hall–Kier alpha value is -1.92. The predicted octanol–water partition coefficient (Wildman–Crippen LogP) is 1.06. The smallest absolute Gasteiger partial charge is 0.251 e. The van der Waals surface area contributed by atoms with Gasteiger partial charge in [-0.25, -0.2) is 0 Å². The number of benzene rings is 1. The molecule has 1 fully saturated rings. The number of carbonyl (C=O) groups is 2. The summed E-state index contributed by atoms with van der Waals surface area (Å²) >= 11 is 0. The van der Waals surface area contributed by atoms with Crippen molar-refractivity contribution in [3.63, 3.8) is 0 Å². The van der Waals surface area contributed by atoms with Gasteiger partial charge in [0.25, 0.3) is 5.91 Å². The Bertz CT molecular complexity index is 527. The van der Waals surface area contributed by atoms with Crippen LogP contribution < -0.4 is 16.0 Å². The van der Waals surface area contributed by atoms with Crippen LogP contribution >= 0.6 is 0 Å². The normalized spacial score (nSPS) is 15.2. The Kier molecular flexibility index (Phi) is 7.03. The van der Waals surface area contributed by atoms with E-state index in [9.17, 15) is 9.59 Å². The molecule has 3 N–H and O–H groups in total. The van der Waals surface area contributed by atoms with Gasteiger partial charge in [-0.15, -0.1) is 0 Å². The van der Waals surface area contributed by atoms with Crippen molar-refractivity contribution >= 4 is 17.5 Å². The maximum atomic E-state index is 12.2. The van der Waals surface area contributed by atoms with Crippen LogP contribution in [0.1, 0.15) is 30.1 Å². The summed E-state index contributed by atoms with van der Waals surface area (Å²) < 4.78 is 0. The molecule has 0 aliphatic carbocycles. The molecule has 1 saturated heterocycles. The van der Waals surface area contributed by atoms with Crippen molar-refractivity contribution in [2.45, 2.75) is 19.8 Å². The fourth-order valence-corrected chi connectivity index (χ4v) is 2.53. The average Bonchev–Trinajstić information content (AvgIpc) is 2.59. The minimum absolute atomic E-state index is 0.0569. The van der Waals surface area contributed by atoms with Crippen LogP contribution in [0.5, 0.6) is 0 Å². The first kappa shape index (κ1) is 17.4. The number of nitrogens with zero attached hydrogens (tertiary/aromatic N) is 1. The van der Waals surface area contributed by atoms with Crippen LogP contribution in [0.15, 0.2) is 24.3 Å². The summed E-state index contributed by atoms with van der Waals surface area (Å²) in [6.07, 6.45) is 1.36. The van der Waals surface area contributed by atoms with Gasteiger partial charge in [-0.3, -0.25) is 9.59 Å². The van der Waals surface area contributed by atoms with Gasteiger partial charge in [0.1, 0.15) is 0 Å². The number of nitrogens with one attached hydrogen (secondary N) is 3. The van der Waals surface area contributed by atoms with Crippen LogP contribution in [0.4, 0.5) is 5.69 Å². The van der Waals surface area contributed by atoms with Gasteiger partial charge in [0.2, 0.25) is 5.91 Å². The lowest BCUT2D eigenvalue weighted by Crippen LogP contribution is -2.44. The van der Waals surface area contributed by atoms with E-state index in [1.165, 1.54) is 0 Å². The molecule has 0 spiro atoms. The Morgan fingerprint density at radius 1 is 1.26 bits per heavy atom. The summed E-state index contributed by atoms with van der Waals surface area (Å²) in [7, 11) is 0. The molecule has 126 valence electrons. The lowest BCUT2D eigenvalue weighted by molar-refractivity contribution is -0.115. The Morgan fingerprint density at radius 2 is 2.04 bits per heavy atom. The largest absolute Gasteiger partial charge is 0.352 e. The molecule has 1 aromatic rings. The topological polar surface area (TPSA) is 73.5 Å². The lowest BCUT2D eigenvalue weighted by Gasteiger charge is -2.27. The monoisotopic (exact) mass is 318 g/mol. The molecule has 0 saturated carbocycles. The number of piperazine rings is 1. The minimum Gasteiger partial charge on any atom is -0.352 e. The van der Waals surface area contributed by atoms with Crippen molar-refractivity contribution < 1.29 is 9.59 Å². The standard InChI is InChI=1S/C17H26N4O2/c1-2-16(22)20-15-6-3-5-14(13-15)17(23)19-7-4-10-21-11-8-18-9-12-21/h3,5-6,13,18H,2,4,7-12H2,1H3,(H,19,23)(H,20,22). The maximum absolute atomic E-state index is 12.2. The molecule has 0 atom stereocenters. The molecular weight excluding hydrogens is 292 g/mol. The van der Waals surface area contributed by atoms with E-state index < -0.39 is 0 Å². The third-order valence-corrected chi connectivity index (χ3v) is 3.88. The van der Waals surface area contributed by atoms with Crippen molar-refractivity contribution in [3.05, 3.63) is 29.8 Å². The van der Waals surface area contributed by atoms with Gasteiger partial charge >= 0.3 is 0 Å². The molecule has 1 aliphatic heterocycles. The van der Waals surface area contributed by atoms with Gasteiger partial charge in [-0.1, -0.05) is 13.0 Å². The molecular formula is C17H26N4O2. The second kappa shape index (κ2) is 9.27. The van der Waals surface area contributed by atoms with E-state index in [0.717, 1.165) is 39.1 Å². The average molecular weight is 318 g/mol. The van der Waals surface area contributed by atoms with Crippen molar-refractivity contribution in [2.24, 2.45) is 0 Å². The summed E-state index contributed by atoms with van der Waals surface area (Å²) in [4.78, 5) is 26.0. The first-order chi connectivity index (χ1) is 11.2. The van der Waals surface area contributed by atoms with Crippen LogP contribution in [0.2, 0.25) is 0 Å². The zero-order valence-electron chi connectivity index (χ0n) is 13.7. The molecule has 6 heteroatoms. The molecule has 0 bridgehead atoms. The summed E-state index contributed by atoms with van der Waals surface area (Å²) in [5.41, 5.74) is 1.23. The molecule has 6 nitrogen and oxygen atoms in total. The summed E-state index contributed by atoms with van der Waals surface area (Å²) in [6.45, 7) is 7.71. The van der Waals surface area contributed by atoms with E-state index in [-0.39, 0.29) is 11.8 Å². The highest BCUT2D eigenvalue weighted by atomic mass is 16.2. The van der Waals surface area contributed by atoms with E-state index >= 15 is 0 Å². The molecule has 1 aliphatic rings. The van der Waals surface area contributed by atoms with E-state index in [4.69, 9.17) is 0 Å². The first-order valence-electron chi connectivity index (χ1n) is 8.30. The van der Waals surface area contributed by atoms with E-state index in [1.54, 1.807) is 31.2 Å². The zero-order valence-corrected chi connectivity index (χ0v) is 13.7. The van der Waals surface area contributed by atoms with Gasteiger partial charge < -0.3 is 20.9 Å². The maximum Gasteiger partial charge on any atom is 0.251 e. The number of carbonyl (C=O) groups excluding carboxylic acids is 2. The van der Waals surface area contributed by atoms with Crippen LogP contribution in [0, 0.1) is 0 Å². The second-order valence-corrected chi connectivity index (χ2v) is 5.68. The summed E-state index contributed by atoms with van der Waals surface area (Å²) in [6, 6.07) is 7.03. The Labute approximate surface area is 137 Å². The van der Waals surface area contributed by atoms with E-state index in [0.29, 0.717) is 24.2 Å². The van der Waals surface area contributed by atoms with E-state index in [1.807, 2.05) is 0 Å². The zero-order chi connectivity index (χ0) is 16.5. The minimum atomic E-state index is -0.0992.